The summed E-state index contributed by atoms with van der Waals surface area (Å²) in [5, 5.41) is 0. The first-order valence-corrected chi connectivity index (χ1v) is 6.98. The summed E-state index contributed by atoms with van der Waals surface area (Å²) in [5.74, 6) is 0.419. The van der Waals surface area contributed by atoms with Crippen molar-refractivity contribution in [2.45, 2.75) is 44.0 Å². The molecule has 2 atom stereocenters. The first-order chi connectivity index (χ1) is 9.55. The Kier molecular flexibility index (Phi) is 3.58. The number of hydrogen-bond acceptors (Lipinski definition) is 3. The molecule has 6 heteroatoms. The highest BCUT2D eigenvalue weighted by Gasteiger charge is 2.37. The van der Waals surface area contributed by atoms with Crippen LogP contribution < -0.4 is 4.90 Å². The van der Waals surface area contributed by atoms with Crippen LogP contribution in [0.15, 0.2) is 18.2 Å². The van der Waals surface area contributed by atoms with Gasteiger partial charge < -0.3 is 9.64 Å². The summed E-state index contributed by atoms with van der Waals surface area (Å²) in [6.07, 6.45) is -0.430. The Morgan fingerprint density at radius 2 is 2.05 bits per heavy atom. The standard InChI is InChI=1S/C14H17F3N2O/c15-14(16,17)12-6-2-7-13(18-12)19-8-3-9-20-11-5-1-4-10(11)19/h2,6-7,10-11H,1,3-5,8-9H2/t10-,11+/m1/s1. The fourth-order valence-electron chi connectivity index (χ4n) is 3.12. The zero-order valence-corrected chi connectivity index (χ0v) is 11.1. The van der Waals surface area contributed by atoms with Crippen molar-refractivity contribution in [3.05, 3.63) is 23.9 Å². The van der Waals surface area contributed by atoms with Crippen molar-refractivity contribution in [3.63, 3.8) is 0 Å². The molecule has 20 heavy (non-hydrogen) atoms. The molecule has 0 aromatic carbocycles. The van der Waals surface area contributed by atoms with Crippen LogP contribution in [0.25, 0.3) is 0 Å². The third kappa shape index (κ3) is 2.61. The maximum absolute atomic E-state index is 12.8. The minimum Gasteiger partial charge on any atom is -0.376 e. The van der Waals surface area contributed by atoms with E-state index in [0.29, 0.717) is 19.0 Å². The van der Waals surface area contributed by atoms with Crippen LogP contribution in [0.1, 0.15) is 31.4 Å². The lowest BCUT2D eigenvalue weighted by atomic mass is 10.1. The maximum atomic E-state index is 12.8. The summed E-state index contributed by atoms with van der Waals surface area (Å²) >= 11 is 0. The van der Waals surface area contributed by atoms with Gasteiger partial charge in [0.2, 0.25) is 0 Å². The van der Waals surface area contributed by atoms with Gasteiger partial charge >= 0.3 is 6.18 Å². The third-order valence-corrected chi connectivity index (χ3v) is 4.01. The first-order valence-electron chi connectivity index (χ1n) is 6.98. The lowest BCUT2D eigenvalue weighted by Crippen LogP contribution is -2.40. The molecule has 1 saturated carbocycles. The van der Waals surface area contributed by atoms with Crippen LogP contribution in [-0.2, 0) is 10.9 Å². The van der Waals surface area contributed by atoms with Crippen molar-refractivity contribution in [2.24, 2.45) is 0 Å². The Hall–Kier alpha value is -1.30. The molecule has 2 aliphatic rings. The fourth-order valence-corrected chi connectivity index (χ4v) is 3.12. The topological polar surface area (TPSA) is 25.4 Å². The number of nitrogens with zero attached hydrogens (tertiary/aromatic N) is 2. The van der Waals surface area contributed by atoms with Gasteiger partial charge in [0.25, 0.3) is 0 Å². The summed E-state index contributed by atoms with van der Waals surface area (Å²) in [4.78, 5) is 5.82. The van der Waals surface area contributed by atoms with Gasteiger partial charge in [0.1, 0.15) is 11.5 Å². The Balaban J connectivity index is 1.90. The van der Waals surface area contributed by atoms with Gasteiger partial charge in [-0.1, -0.05) is 6.07 Å². The fraction of sp³-hybridized carbons (Fsp3) is 0.643. The van der Waals surface area contributed by atoms with Crippen LogP contribution in [0.3, 0.4) is 0 Å². The number of pyridine rings is 1. The quantitative estimate of drug-likeness (QED) is 0.792. The van der Waals surface area contributed by atoms with Crippen LogP contribution in [0, 0.1) is 0 Å². The summed E-state index contributed by atoms with van der Waals surface area (Å²) in [7, 11) is 0. The summed E-state index contributed by atoms with van der Waals surface area (Å²) in [6, 6.07) is 4.27. The van der Waals surface area contributed by atoms with E-state index in [2.05, 4.69) is 4.98 Å². The zero-order valence-electron chi connectivity index (χ0n) is 11.1. The Morgan fingerprint density at radius 1 is 1.20 bits per heavy atom. The summed E-state index contributed by atoms with van der Waals surface area (Å²) in [6.45, 7) is 1.38. The average Bonchev–Trinajstić information content (AvgIpc) is 2.78. The highest BCUT2D eigenvalue weighted by Crippen LogP contribution is 2.34. The van der Waals surface area contributed by atoms with E-state index in [1.807, 2.05) is 4.90 Å². The van der Waals surface area contributed by atoms with Gasteiger partial charge in [0, 0.05) is 13.2 Å². The van der Waals surface area contributed by atoms with E-state index in [1.54, 1.807) is 6.07 Å². The van der Waals surface area contributed by atoms with Crippen LogP contribution in [-0.4, -0.2) is 30.3 Å². The van der Waals surface area contributed by atoms with Crippen LogP contribution in [0.5, 0.6) is 0 Å². The second-order valence-electron chi connectivity index (χ2n) is 5.33. The molecule has 1 aromatic heterocycles. The number of halogens is 3. The molecule has 110 valence electrons. The summed E-state index contributed by atoms with van der Waals surface area (Å²) in [5.41, 5.74) is -0.824. The van der Waals surface area contributed by atoms with Crippen molar-refractivity contribution < 1.29 is 17.9 Å². The van der Waals surface area contributed by atoms with Crippen LogP contribution in [0.2, 0.25) is 0 Å². The molecule has 1 aromatic rings. The Morgan fingerprint density at radius 3 is 2.85 bits per heavy atom. The van der Waals surface area contributed by atoms with Crippen molar-refractivity contribution in [3.8, 4) is 0 Å². The number of alkyl halides is 3. The molecule has 1 saturated heterocycles. The van der Waals surface area contributed by atoms with Crippen molar-refractivity contribution >= 4 is 5.82 Å². The molecule has 0 unspecified atom stereocenters. The third-order valence-electron chi connectivity index (χ3n) is 4.01. The predicted octanol–water partition coefficient (Wildman–Crippen LogP) is 3.25. The molecule has 1 aliphatic heterocycles. The smallest absolute Gasteiger partial charge is 0.376 e. The van der Waals surface area contributed by atoms with Crippen LogP contribution in [0.4, 0.5) is 19.0 Å². The molecule has 0 spiro atoms. The number of anilines is 1. The minimum atomic E-state index is -4.40. The number of ether oxygens (including phenoxy) is 1. The highest BCUT2D eigenvalue weighted by molar-refractivity contribution is 5.42. The van der Waals surface area contributed by atoms with E-state index in [0.717, 1.165) is 31.7 Å². The van der Waals surface area contributed by atoms with Crippen LogP contribution >= 0.6 is 0 Å². The molecule has 1 aliphatic carbocycles. The van der Waals surface area contributed by atoms with Crippen molar-refractivity contribution in [2.75, 3.05) is 18.1 Å². The van der Waals surface area contributed by atoms with E-state index >= 15 is 0 Å². The SMILES string of the molecule is FC(F)(F)c1cccc(N2CCCO[C@H]3CCC[C@H]32)n1. The zero-order chi connectivity index (χ0) is 14.2. The van der Waals surface area contributed by atoms with Gasteiger partial charge in [-0.3, -0.25) is 0 Å². The second-order valence-corrected chi connectivity index (χ2v) is 5.33. The number of fused-ring (bicyclic) bond motifs is 1. The predicted molar refractivity (Wildman–Crippen MR) is 68.6 cm³/mol. The van der Waals surface area contributed by atoms with E-state index < -0.39 is 11.9 Å². The normalized spacial score (nSPS) is 27.2. The maximum Gasteiger partial charge on any atom is 0.433 e. The van der Waals surface area contributed by atoms with Gasteiger partial charge in [-0.25, -0.2) is 4.98 Å². The average molecular weight is 286 g/mol. The van der Waals surface area contributed by atoms with Crippen molar-refractivity contribution in [1.82, 2.24) is 4.98 Å². The first kappa shape index (κ1) is 13.7. The molecule has 2 fully saturated rings. The molecular weight excluding hydrogens is 269 g/mol. The monoisotopic (exact) mass is 286 g/mol. The molecule has 0 radical (unpaired) electrons. The van der Waals surface area contributed by atoms with E-state index in [1.165, 1.54) is 6.07 Å². The van der Waals surface area contributed by atoms with E-state index in [4.69, 9.17) is 4.74 Å². The van der Waals surface area contributed by atoms with Gasteiger partial charge in [-0.15, -0.1) is 0 Å². The molecule has 3 nitrogen and oxygen atoms in total. The largest absolute Gasteiger partial charge is 0.433 e. The lowest BCUT2D eigenvalue weighted by molar-refractivity contribution is -0.141. The molecule has 2 heterocycles. The van der Waals surface area contributed by atoms with Gasteiger partial charge in [-0.05, 0) is 37.8 Å². The van der Waals surface area contributed by atoms with E-state index in [-0.39, 0.29) is 12.1 Å². The molecule has 0 bridgehead atoms. The number of hydrogen-bond donors (Lipinski definition) is 0. The second kappa shape index (κ2) is 5.24. The molecule has 3 rings (SSSR count). The van der Waals surface area contributed by atoms with Gasteiger partial charge in [-0.2, -0.15) is 13.2 Å². The van der Waals surface area contributed by atoms with E-state index in [9.17, 15) is 13.2 Å². The number of rotatable bonds is 1. The Bertz CT molecular complexity index is 478. The molecule has 0 N–H and O–H groups in total. The molecule has 0 amide bonds. The molecular formula is C14H17F3N2O. The lowest BCUT2D eigenvalue weighted by Gasteiger charge is -2.31. The Labute approximate surface area is 115 Å². The van der Waals surface area contributed by atoms with Crippen molar-refractivity contribution in [1.29, 1.82) is 0 Å². The summed E-state index contributed by atoms with van der Waals surface area (Å²) < 4.78 is 44.1. The number of aromatic nitrogens is 1. The minimum absolute atomic E-state index is 0.133. The van der Waals surface area contributed by atoms with Gasteiger partial charge in [0.15, 0.2) is 0 Å². The highest BCUT2D eigenvalue weighted by atomic mass is 19.4. The van der Waals surface area contributed by atoms with Gasteiger partial charge in [0.05, 0.1) is 12.1 Å².